The molecule has 2 heterocycles. The van der Waals surface area contributed by atoms with Crippen molar-refractivity contribution in [1.82, 2.24) is 15.2 Å². The average molecular weight is 407 g/mol. The highest BCUT2D eigenvalue weighted by molar-refractivity contribution is 5.98. The van der Waals surface area contributed by atoms with Gasteiger partial charge in [-0.1, -0.05) is 37.3 Å². The third kappa shape index (κ3) is 4.37. The number of para-hydroxylation sites is 1. The Morgan fingerprint density at radius 1 is 1.13 bits per heavy atom. The van der Waals surface area contributed by atoms with Crippen LogP contribution < -0.4 is 5.32 Å². The van der Waals surface area contributed by atoms with Crippen molar-refractivity contribution in [3.63, 3.8) is 0 Å². The zero-order valence-electron chi connectivity index (χ0n) is 17.0. The zero-order chi connectivity index (χ0) is 21.1. The first-order valence-corrected chi connectivity index (χ1v) is 10.4. The molecule has 0 bridgehead atoms. The van der Waals surface area contributed by atoms with E-state index in [2.05, 4.69) is 10.3 Å². The van der Waals surface area contributed by atoms with E-state index in [4.69, 9.17) is 0 Å². The summed E-state index contributed by atoms with van der Waals surface area (Å²) in [5.41, 5.74) is 2.31. The molecule has 2 N–H and O–H groups in total. The largest absolute Gasteiger partial charge is 0.352 e. The molecule has 3 aromatic rings. The van der Waals surface area contributed by atoms with Crippen LogP contribution >= 0.6 is 0 Å². The molecule has 30 heavy (non-hydrogen) atoms. The highest BCUT2D eigenvalue weighted by Crippen LogP contribution is 2.26. The fourth-order valence-corrected chi connectivity index (χ4v) is 4.17. The fourth-order valence-electron chi connectivity index (χ4n) is 4.17. The summed E-state index contributed by atoms with van der Waals surface area (Å²) < 4.78 is 13.3. The van der Waals surface area contributed by atoms with E-state index in [0.29, 0.717) is 25.3 Å². The molecular weight excluding hydrogens is 381 g/mol. The van der Waals surface area contributed by atoms with Crippen molar-refractivity contribution < 1.29 is 14.0 Å². The first-order valence-electron chi connectivity index (χ1n) is 10.4. The van der Waals surface area contributed by atoms with Crippen LogP contribution in [0, 0.1) is 17.7 Å². The zero-order valence-corrected chi connectivity index (χ0v) is 17.0. The van der Waals surface area contributed by atoms with Gasteiger partial charge in [0.2, 0.25) is 5.91 Å². The second kappa shape index (κ2) is 8.69. The first-order chi connectivity index (χ1) is 14.5. The van der Waals surface area contributed by atoms with Gasteiger partial charge in [0, 0.05) is 36.5 Å². The van der Waals surface area contributed by atoms with Crippen LogP contribution in [0.3, 0.4) is 0 Å². The van der Waals surface area contributed by atoms with Crippen molar-refractivity contribution in [2.75, 3.05) is 13.1 Å². The third-order valence-electron chi connectivity index (χ3n) is 6.06. The fraction of sp³-hybridized carbons (Fsp3) is 0.333. The van der Waals surface area contributed by atoms with Crippen LogP contribution in [-0.4, -0.2) is 34.8 Å². The second-order valence-corrected chi connectivity index (χ2v) is 8.04. The number of piperidine rings is 1. The lowest BCUT2D eigenvalue weighted by Crippen LogP contribution is -2.42. The molecule has 2 aromatic carbocycles. The molecule has 0 radical (unpaired) electrons. The molecule has 1 aliphatic rings. The van der Waals surface area contributed by atoms with E-state index in [9.17, 15) is 14.0 Å². The summed E-state index contributed by atoms with van der Waals surface area (Å²) in [6, 6.07) is 16.0. The molecular formula is C24H26FN3O2. The average Bonchev–Trinajstić information content (AvgIpc) is 3.21. The lowest BCUT2D eigenvalue weighted by molar-refractivity contribution is -0.126. The van der Waals surface area contributed by atoms with E-state index in [1.165, 1.54) is 12.1 Å². The Bertz CT molecular complexity index is 1020. The number of aromatic amines is 1. The summed E-state index contributed by atoms with van der Waals surface area (Å²) in [6.45, 7) is 3.53. The van der Waals surface area contributed by atoms with Crippen molar-refractivity contribution in [2.24, 2.45) is 11.8 Å². The number of nitrogens with zero attached hydrogens (tertiary/aromatic N) is 1. The summed E-state index contributed by atoms with van der Waals surface area (Å²) >= 11 is 0. The number of nitrogens with one attached hydrogen (secondary N) is 2. The van der Waals surface area contributed by atoms with E-state index in [1.807, 2.05) is 42.2 Å². The number of aromatic nitrogens is 1. The Morgan fingerprint density at radius 3 is 2.63 bits per heavy atom. The molecule has 1 atom stereocenters. The topological polar surface area (TPSA) is 65.2 Å². The summed E-state index contributed by atoms with van der Waals surface area (Å²) in [5, 5.41) is 3.93. The Hall–Kier alpha value is -3.15. The number of rotatable bonds is 5. The molecule has 6 heteroatoms. The van der Waals surface area contributed by atoms with Crippen molar-refractivity contribution >= 4 is 22.7 Å². The van der Waals surface area contributed by atoms with Crippen molar-refractivity contribution in [1.29, 1.82) is 0 Å². The lowest BCUT2D eigenvalue weighted by atomic mass is 9.84. The van der Waals surface area contributed by atoms with Crippen molar-refractivity contribution in [3.05, 3.63) is 71.7 Å². The van der Waals surface area contributed by atoms with Gasteiger partial charge in [0.25, 0.3) is 5.91 Å². The quantitative estimate of drug-likeness (QED) is 0.668. The minimum Gasteiger partial charge on any atom is -0.352 e. The van der Waals surface area contributed by atoms with Crippen LogP contribution in [-0.2, 0) is 11.3 Å². The number of halogens is 1. The van der Waals surface area contributed by atoms with Gasteiger partial charge in [0.15, 0.2) is 0 Å². The van der Waals surface area contributed by atoms with Crippen LogP contribution in [0.5, 0.6) is 0 Å². The molecule has 1 fully saturated rings. The van der Waals surface area contributed by atoms with Gasteiger partial charge in [-0.3, -0.25) is 9.59 Å². The van der Waals surface area contributed by atoms with E-state index in [0.717, 1.165) is 29.3 Å². The molecule has 2 amide bonds. The van der Waals surface area contributed by atoms with Crippen LogP contribution in [0.15, 0.2) is 54.6 Å². The Kier molecular flexibility index (Phi) is 5.84. The van der Waals surface area contributed by atoms with Crippen LogP contribution in [0.25, 0.3) is 10.9 Å². The van der Waals surface area contributed by atoms with Gasteiger partial charge in [-0.2, -0.15) is 0 Å². The van der Waals surface area contributed by atoms with Gasteiger partial charge in [-0.25, -0.2) is 4.39 Å². The molecule has 1 unspecified atom stereocenters. The maximum absolute atomic E-state index is 13.3. The van der Waals surface area contributed by atoms with E-state index < -0.39 is 0 Å². The number of H-pyrrole nitrogens is 1. The number of hydrogen-bond acceptors (Lipinski definition) is 2. The second-order valence-electron chi connectivity index (χ2n) is 8.04. The maximum Gasteiger partial charge on any atom is 0.270 e. The minimum absolute atomic E-state index is 0.00728. The standard InChI is InChI=1S/C24H26FN3O2/c1-16(23(29)26-15-17-5-4-7-20(25)13-17)18-9-11-28(12-10-18)24(30)22-14-19-6-2-3-8-21(19)27-22/h2-8,13-14,16,18,27H,9-12,15H2,1H3,(H,26,29). The Balaban J connectivity index is 1.29. The van der Waals surface area contributed by atoms with E-state index in [1.54, 1.807) is 12.1 Å². The lowest BCUT2D eigenvalue weighted by Gasteiger charge is -2.34. The molecule has 156 valence electrons. The number of carbonyl (C=O) groups is 2. The number of hydrogen-bond donors (Lipinski definition) is 2. The monoisotopic (exact) mass is 407 g/mol. The number of benzene rings is 2. The molecule has 0 spiro atoms. The molecule has 0 aliphatic carbocycles. The van der Waals surface area contributed by atoms with Crippen LogP contribution in [0.4, 0.5) is 4.39 Å². The SMILES string of the molecule is CC(C(=O)NCc1cccc(F)c1)C1CCN(C(=O)c2cc3ccccc3[nH]2)CC1. The molecule has 0 saturated carbocycles. The van der Waals surface area contributed by atoms with Crippen LogP contribution in [0.2, 0.25) is 0 Å². The summed E-state index contributed by atoms with van der Waals surface area (Å²) in [7, 11) is 0. The summed E-state index contributed by atoms with van der Waals surface area (Å²) in [5.74, 6) is -0.248. The number of likely N-dealkylation sites (tertiary alicyclic amines) is 1. The third-order valence-corrected chi connectivity index (χ3v) is 6.06. The molecule has 4 rings (SSSR count). The van der Waals surface area contributed by atoms with Crippen molar-refractivity contribution in [2.45, 2.75) is 26.3 Å². The van der Waals surface area contributed by atoms with Gasteiger partial charge < -0.3 is 15.2 Å². The van der Waals surface area contributed by atoms with Crippen LogP contribution in [0.1, 0.15) is 35.8 Å². The van der Waals surface area contributed by atoms with E-state index in [-0.39, 0.29) is 29.5 Å². The van der Waals surface area contributed by atoms with Gasteiger partial charge in [0.05, 0.1) is 0 Å². The van der Waals surface area contributed by atoms with Crippen molar-refractivity contribution in [3.8, 4) is 0 Å². The van der Waals surface area contributed by atoms with Gasteiger partial charge in [-0.05, 0) is 48.6 Å². The van der Waals surface area contributed by atoms with Gasteiger partial charge in [-0.15, -0.1) is 0 Å². The molecule has 1 aliphatic heterocycles. The Labute approximate surface area is 175 Å². The normalized spacial score (nSPS) is 15.9. The number of carbonyl (C=O) groups excluding carboxylic acids is 2. The molecule has 5 nitrogen and oxygen atoms in total. The maximum atomic E-state index is 13.3. The highest BCUT2D eigenvalue weighted by Gasteiger charge is 2.30. The van der Waals surface area contributed by atoms with Gasteiger partial charge in [0.1, 0.15) is 11.5 Å². The predicted octanol–water partition coefficient (Wildman–Crippen LogP) is 4.11. The Morgan fingerprint density at radius 2 is 1.90 bits per heavy atom. The predicted molar refractivity (Wildman–Crippen MR) is 114 cm³/mol. The smallest absolute Gasteiger partial charge is 0.270 e. The molecule has 1 aromatic heterocycles. The number of amides is 2. The van der Waals surface area contributed by atoms with E-state index >= 15 is 0 Å². The van der Waals surface area contributed by atoms with Gasteiger partial charge >= 0.3 is 0 Å². The minimum atomic E-state index is -0.304. The summed E-state index contributed by atoms with van der Waals surface area (Å²) in [4.78, 5) is 30.5. The summed E-state index contributed by atoms with van der Waals surface area (Å²) in [6.07, 6.45) is 1.58. The number of fused-ring (bicyclic) bond motifs is 1. The highest BCUT2D eigenvalue weighted by atomic mass is 19.1. The first kappa shape index (κ1) is 20.1. The molecule has 1 saturated heterocycles.